The molecule has 1 radical (unpaired) electrons. The van der Waals surface area contributed by atoms with Gasteiger partial charge >= 0.3 is 0 Å². The van der Waals surface area contributed by atoms with Gasteiger partial charge in [-0.1, -0.05) is 25.4 Å². The molecule has 0 aromatic carbocycles. The van der Waals surface area contributed by atoms with Gasteiger partial charge in [0.05, 0.1) is 6.10 Å². The van der Waals surface area contributed by atoms with E-state index >= 15 is 0 Å². The average Bonchev–Trinajstić information content (AvgIpc) is 1.75. The van der Waals surface area contributed by atoms with Gasteiger partial charge in [-0.3, -0.25) is 0 Å². The lowest BCUT2D eigenvalue weighted by atomic mass is 9.75. The summed E-state index contributed by atoms with van der Waals surface area (Å²) in [4.78, 5) is 0. The fourth-order valence-corrected chi connectivity index (χ4v) is 1.60. The van der Waals surface area contributed by atoms with E-state index in [2.05, 4.69) is 13.8 Å². The predicted octanol–water partition coefficient (Wildman–Crippen LogP) is 3.19. The summed E-state index contributed by atoms with van der Waals surface area (Å²) in [5.74, 6) is 1.65. The first kappa shape index (κ1) is 9.34. The first-order valence-electron chi connectivity index (χ1n) is 4.25. The molecule has 0 spiro atoms. The highest BCUT2D eigenvalue weighted by atomic mass is 35.5. The number of hydrogen-bond donors (Lipinski definition) is 0. The second-order valence-corrected chi connectivity index (χ2v) is 4.22. The summed E-state index contributed by atoms with van der Waals surface area (Å²) in [6, 6.07) is 0. The molecule has 1 fully saturated rings. The van der Waals surface area contributed by atoms with Crippen LogP contribution in [0.1, 0.15) is 33.6 Å². The van der Waals surface area contributed by atoms with Crippen molar-refractivity contribution in [3.8, 4) is 0 Å². The lowest BCUT2D eigenvalue weighted by Gasteiger charge is -2.38. The second kappa shape index (κ2) is 3.77. The van der Waals surface area contributed by atoms with Crippen LogP contribution in [0.4, 0.5) is 0 Å². The molecule has 0 aromatic heterocycles. The Morgan fingerprint density at radius 3 is 2.36 bits per heavy atom. The van der Waals surface area contributed by atoms with Crippen molar-refractivity contribution in [3.63, 3.8) is 0 Å². The third-order valence-corrected chi connectivity index (χ3v) is 2.49. The van der Waals surface area contributed by atoms with Gasteiger partial charge in [0.25, 0.3) is 0 Å². The third kappa shape index (κ3) is 2.64. The molecule has 0 N–H and O–H groups in total. The summed E-state index contributed by atoms with van der Waals surface area (Å²) in [5, 5.41) is 0. The van der Waals surface area contributed by atoms with Gasteiger partial charge in [0.2, 0.25) is 0 Å². The van der Waals surface area contributed by atoms with E-state index in [9.17, 15) is 0 Å². The van der Waals surface area contributed by atoms with E-state index in [1.165, 1.54) is 12.8 Å². The summed E-state index contributed by atoms with van der Waals surface area (Å²) in [7, 11) is 0. The van der Waals surface area contributed by atoms with E-state index < -0.39 is 0 Å². The summed E-state index contributed by atoms with van der Waals surface area (Å²) in [6.07, 6.45) is 2.77. The van der Waals surface area contributed by atoms with Gasteiger partial charge < -0.3 is 4.74 Å². The second-order valence-electron chi connectivity index (χ2n) is 3.69. The quantitative estimate of drug-likeness (QED) is 0.640. The zero-order valence-corrected chi connectivity index (χ0v) is 8.19. The summed E-state index contributed by atoms with van der Waals surface area (Å²) in [5.41, 5.74) is 0.581. The van der Waals surface area contributed by atoms with Crippen LogP contribution in [0.3, 0.4) is 0 Å². The van der Waals surface area contributed by atoms with Crippen LogP contribution in [0.25, 0.3) is 0 Å². The molecule has 0 aromatic rings. The lowest BCUT2D eigenvalue weighted by Crippen LogP contribution is -2.34. The van der Waals surface area contributed by atoms with Gasteiger partial charge in [0, 0.05) is 0 Å². The molecule has 1 rings (SSSR count). The Morgan fingerprint density at radius 2 is 2.00 bits per heavy atom. The molecule has 0 bridgehead atoms. The molecule has 0 saturated heterocycles. The zero-order chi connectivity index (χ0) is 8.43. The Balaban J connectivity index is 2.09. The van der Waals surface area contributed by atoms with Crippen LogP contribution in [-0.2, 0) is 4.74 Å². The van der Waals surface area contributed by atoms with E-state index in [1.807, 2.05) is 0 Å². The highest BCUT2D eigenvalue weighted by Gasteiger charge is 2.32. The fraction of sp³-hybridized carbons (Fsp3) is 0.889. The molecule has 0 heterocycles. The fourth-order valence-electron chi connectivity index (χ4n) is 1.48. The largest absolute Gasteiger partial charge is 0.352 e. The van der Waals surface area contributed by atoms with Gasteiger partial charge in [0.15, 0.2) is 5.56 Å². The molecular formula is C9H16ClO. The SMILES string of the molecule is C[C](Cl)OC1CC(C(C)C)C1. The van der Waals surface area contributed by atoms with E-state index in [1.54, 1.807) is 6.92 Å². The van der Waals surface area contributed by atoms with Crippen LogP contribution < -0.4 is 0 Å². The molecule has 1 aliphatic carbocycles. The maximum atomic E-state index is 5.61. The Bertz CT molecular complexity index is 117. The maximum absolute atomic E-state index is 5.61. The highest BCUT2D eigenvalue weighted by molar-refractivity contribution is 6.25. The molecule has 1 saturated carbocycles. The summed E-state index contributed by atoms with van der Waals surface area (Å²) in [6.45, 7) is 6.32. The van der Waals surface area contributed by atoms with Crippen molar-refractivity contribution < 1.29 is 4.74 Å². The molecule has 0 atom stereocenters. The zero-order valence-electron chi connectivity index (χ0n) is 7.43. The van der Waals surface area contributed by atoms with Crippen LogP contribution in [0.2, 0.25) is 0 Å². The van der Waals surface area contributed by atoms with Gasteiger partial charge in [-0.15, -0.1) is 0 Å². The average molecular weight is 176 g/mol. The molecule has 65 valence electrons. The Labute approximate surface area is 74.1 Å². The van der Waals surface area contributed by atoms with Crippen LogP contribution >= 0.6 is 11.6 Å². The van der Waals surface area contributed by atoms with E-state index in [0.717, 1.165) is 11.8 Å². The van der Waals surface area contributed by atoms with Crippen molar-refractivity contribution >= 4 is 11.6 Å². The van der Waals surface area contributed by atoms with Crippen molar-refractivity contribution in [2.24, 2.45) is 11.8 Å². The van der Waals surface area contributed by atoms with E-state index in [0.29, 0.717) is 11.7 Å². The number of halogens is 1. The van der Waals surface area contributed by atoms with Crippen LogP contribution in [0.15, 0.2) is 0 Å². The first-order valence-corrected chi connectivity index (χ1v) is 4.63. The van der Waals surface area contributed by atoms with Gasteiger partial charge in [-0.25, -0.2) is 0 Å². The smallest absolute Gasteiger partial charge is 0.181 e. The van der Waals surface area contributed by atoms with Crippen molar-refractivity contribution in [2.45, 2.75) is 39.7 Å². The Hall–Kier alpha value is 0.250. The third-order valence-electron chi connectivity index (χ3n) is 2.40. The molecular weight excluding hydrogens is 160 g/mol. The van der Waals surface area contributed by atoms with Crippen LogP contribution in [-0.4, -0.2) is 6.10 Å². The van der Waals surface area contributed by atoms with Gasteiger partial charge in [-0.2, -0.15) is 0 Å². The normalized spacial score (nSPS) is 31.1. The van der Waals surface area contributed by atoms with Crippen LogP contribution in [0.5, 0.6) is 0 Å². The molecule has 1 nitrogen and oxygen atoms in total. The monoisotopic (exact) mass is 175 g/mol. The molecule has 0 unspecified atom stereocenters. The Morgan fingerprint density at radius 1 is 1.45 bits per heavy atom. The minimum atomic E-state index is 0.403. The summed E-state index contributed by atoms with van der Waals surface area (Å²) < 4.78 is 5.35. The minimum Gasteiger partial charge on any atom is -0.352 e. The van der Waals surface area contributed by atoms with Crippen molar-refractivity contribution in [3.05, 3.63) is 5.56 Å². The molecule has 2 heteroatoms. The first-order chi connectivity index (χ1) is 5.09. The van der Waals surface area contributed by atoms with E-state index in [4.69, 9.17) is 16.3 Å². The lowest BCUT2D eigenvalue weighted by molar-refractivity contribution is -0.0183. The van der Waals surface area contributed by atoms with Gasteiger partial charge in [0.1, 0.15) is 0 Å². The van der Waals surface area contributed by atoms with Crippen molar-refractivity contribution in [1.29, 1.82) is 0 Å². The van der Waals surface area contributed by atoms with E-state index in [-0.39, 0.29) is 0 Å². The standard InChI is InChI=1S/C9H16ClO/c1-6(2)8-4-9(5-8)11-7(3)10/h6,8-9H,4-5H2,1-3H3. The summed E-state index contributed by atoms with van der Waals surface area (Å²) >= 11 is 5.61. The predicted molar refractivity (Wildman–Crippen MR) is 47.2 cm³/mol. The molecule has 0 amide bonds. The number of hydrogen-bond acceptors (Lipinski definition) is 1. The minimum absolute atomic E-state index is 0.403. The van der Waals surface area contributed by atoms with Crippen molar-refractivity contribution in [1.82, 2.24) is 0 Å². The maximum Gasteiger partial charge on any atom is 0.181 e. The Kier molecular flexibility index (Phi) is 3.20. The van der Waals surface area contributed by atoms with Crippen molar-refractivity contribution in [2.75, 3.05) is 0 Å². The highest BCUT2D eigenvalue weighted by Crippen LogP contribution is 2.37. The van der Waals surface area contributed by atoms with Crippen LogP contribution in [0, 0.1) is 17.4 Å². The van der Waals surface area contributed by atoms with Gasteiger partial charge in [-0.05, 0) is 31.6 Å². The molecule has 11 heavy (non-hydrogen) atoms. The molecule has 1 aliphatic rings. The number of ether oxygens (including phenoxy) is 1. The number of rotatable bonds is 3. The topological polar surface area (TPSA) is 9.23 Å². The molecule has 0 aliphatic heterocycles.